The Kier molecular flexibility index (Phi) is 2.47. The zero-order valence-corrected chi connectivity index (χ0v) is 4.49. The zero-order valence-electron chi connectivity index (χ0n) is 3.68. The van der Waals surface area contributed by atoms with Gasteiger partial charge < -0.3 is 11.5 Å². The molecule has 0 saturated heterocycles. The van der Waals surface area contributed by atoms with Crippen molar-refractivity contribution >= 4 is 23.0 Å². The van der Waals surface area contributed by atoms with E-state index in [-0.39, 0.29) is 11.4 Å². The lowest BCUT2D eigenvalue weighted by atomic mass is 10.4. The molecule has 4 heteroatoms. The minimum Gasteiger partial charge on any atom is -0.365 e. The van der Waals surface area contributed by atoms with Gasteiger partial charge in [-0.1, -0.05) is 12.2 Å². The highest BCUT2D eigenvalue weighted by Crippen LogP contribution is 1.66. The maximum atomic E-state index is 9.93. The van der Waals surface area contributed by atoms with Gasteiger partial charge in [0.05, 0.1) is 4.86 Å². The van der Waals surface area contributed by atoms with Crippen molar-refractivity contribution in [2.75, 3.05) is 6.54 Å². The van der Waals surface area contributed by atoms with Crippen LogP contribution in [-0.2, 0) is 4.79 Å². The second-order valence-corrected chi connectivity index (χ2v) is 1.48. The minimum absolute atomic E-state index is 0.0741. The lowest BCUT2D eigenvalue weighted by molar-refractivity contribution is -0.111. The highest BCUT2D eigenvalue weighted by atomic mass is 32.1. The first-order valence-electron chi connectivity index (χ1n) is 1.71. The van der Waals surface area contributed by atoms with Gasteiger partial charge in [0.1, 0.15) is 0 Å². The van der Waals surface area contributed by atoms with Crippen molar-refractivity contribution < 1.29 is 4.79 Å². The summed E-state index contributed by atoms with van der Waals surface area (Å²) in [4.78, 5) is 10.0. The summed E-state index contributed by atoms with van der Waals surface area (Å²) in [5.74, 6) is -0.600. The van der Waals surface area contributed by atoms with Crippen LogP contribution in [0.1, 0.15) is 0 Å². The van der Waals surface area contributed by atoms with Gasteiger partial charge in [-0.2, -0.15) is 0 Å². The molecule has 0 aliphatic heterocycles. The summed E-state index contributed by atoms with van der Waals surface area (Å²) in [5.41, 5.74) is 9.62. The van der Waals surface area contributed by atoms with E-state index < -0.39 is 5.91 Å². The van der Waals surface area contributed by atoms with Crippen LogP contribution in [0, 0.1) is 0 Å². The van der Waals surface area contributed by atoms with Gasteiger partial charge in [0.25, 0.3) is 5.91 Å². The molecule has 0 aliphatic carbocycles. The lowest BCUT2D eigenvalue weighted by Crippen LogP contribution is -2.27. The van der Waals surface area contributed by atoms with Gasteiger partial charge in [0.2, 0.25) is 0 Å². The van der Waals surface area contributed by atoms with Gasteiger partial charge in [-0.05, 0) is 0 Å². The van der Waals surface area contributed by atoms with Crippen LogP contribution in [0.5, 0.6) is 0 Å². The first kappa shape index (κ1) is 6.52. The van der Waals surface area contributed by atoms with E-state index in [1.165, 1.54) is 0 Å². The Morgan fingerprint density at radius 1 is 1.71 bits per heavy atom. The Bertz CT molecular complexity index is 101. The molecule has 0 aromatic carbocycles. The van der Waals surface area contributed by atoms with E-state index in [0.717, 1.165) is 0 Å². The van der Waals surface area contributed by atoms with Crippen molar-refractivity contribution in [3.8, 4) is 0 Å². The SMILES string of the molecule is NCC(=S)C(N)=O. The highest BCUT2D eigenvalue weighted by Gasteiger charge is 1.96. The normalized spacial score (nSPS) is 8.14. The average molecular weight is 118 g/mol. The van der Waals surface area contributed by atoms with E-state index in [0.29, 0.717) is 0 Å². The number of primary amides is 1. The fourth-order valence-electron chi connectivity index (χ4n) is 0.101. The van der Waals surface area contributed by atoms with Gasteiger partial charge in [0.15, 0.2) is 0 Å². The third-order valence-electron chi connectivity index (χ3n) is 0.460. The van der Waals surface area contributed by atoms with Crippen molar-refractivity contribution in [2.45, 2.75) is 0 Å². The molecule has 4 N–H and O–H groups in total. The summed E-state index contributed by atoms with van der Waals surface area (Å²) < 4.78 is 0. The smallest absolute Gasteiger partial charge is 0.256 e. The van der Waals surface area contributed by atoms with Crippen molar-refractivity contribution in [1.82, 2.24) is 0 Å². The third kappa shape index (κ3) is 2.24. The molecule has 1 amide bonds. The van der Waals surface area contributed by atoms with E-state index in [2.05, 4.69) is 18.0 Å². The predicted molar refractivity (Wildman–Crippen MR) is 30.8 cm³/mol. The molecule has 40 valence electrons. The molecule has 7 heavy (non-hydrogen) atoms. The number of hydrogen-bond donors (Lipinski definition) is 2. The van der Waals surface area contributed by atoms with Crippen molar-refractivity contribution in [3.63, 3.8) is 0 Å². The molecule has 0 aliphatic rings. The second-order valence-electron chi connectivity index (χ2n) is 0.992. The van der Waals surface area contributed by atoms with Crippen molar-refractivity contribution in [2.24, 2.45) is 11.5 Å². The first-order chi connectivity index (χ1) is 3.18. The fourth-order valence-corrected chi connectivity index (χ4v) is 0.101. The van der Waals surface area contributed by atoms with Crippen LogP contribution in [0.3, 0.4) is 0 Å². The van der Waals surface area contributed by atoms with E-state index >= 15 is 0 Å². The largest absolute Gasteiger partial charge is 0.365 e. The zero-order chi connectivity index (χ0) is 5.86. The maximum Gasteiger partial charge on any atom is 0.256 e. The van der Waals surface area contributed by atoms with Crippen LogP contribution in [0.25, 0.3) is 0 Å². The van der Waals surface area contributed by atoms with Crippen molar-refractivity contribution in [1.29, 1.82) is 0 Å². The van der Waals surface area contributed by atoms with E-state index in [9.17, 15) is 4.79 Å². The fraction of sp³-hybridized carbons (Fsp3) is 0.333. The Morgan fingerprint density at radius 3 is 2.14 bits per heavy atom. The summed E-state index contributed by atoms with van der Waals surface area (Å²) in [5, 5.41) is 0. The monoisotopic (exact) mass is 118 g/mol. The van der Waals surface area contributed by atoms with Crippen LogP contribution < -0.4 is 11.5 Å². The standard InChI is InChI=1S/C3H6N2OS/c4-1-2(7)3(5)6/h1,4H2,(H2,5,6). The molecule has 0 atom stereocenters. The summed E-state index contributed by atoms with van der Waals surface area (Å²) in [6, 6.07) is 0. The number of amides is 1. The van der Waals surface area contributed by atoms with Gasteiger partial charge in [0, 0.05) is 6.54 Å². The molecule has 0 bridgehead atoms. The van der Waals surface area contributed by atoms with Crippen LogP contribution in [0.15, 0.2) is 0 Å². The molecule has 0 heterocycles. The number of nitrogens with two attached hydrogens (primary N) is 2. The molecule has 0 fully saturated rings. The molecular formula is C3H6N2OS. The van der Waals surface area contributed by atoms with Crippen LogP contribution >= 0.6 is 12.2 Å². The maximum absolute atomic E-state index is 9.93. The molecule has 0 rings (SSSR count). The molecule has 0 radical (unpaired) electrons. The van der Waals surface area contributed by atoms with Gasteiger partial charge in [-0.3, -0.25) is 4.79 Å². The molecule has 0 saturated carbocycles. The van der Waals surface area contributed by atoms with E-state index in [4.69, 9.17) is 5.73 Å². The summed E-state index contributed by atoms with van der Waals surface area (Å²) in [6.07, 6.45) is 0. The van der Waals surface area contributed by atoms with E-state index in [1.807, 2.05) is 0 Å². The van der Waals surface area contributed by atoms with Crippen molar-refractivity contribution in [3.05, 3.63) is 0 Å². The molecule has 0 unspecified atom stereocenters. The Hall–Kier alpha value is -0.480. The molecule has 0 spiro atoms. The molecule has 3 nitrogen and oxygen atoms in total. The second kappa shape index (κ2) is 2.65. The Labute approximate surface area is 46.7 Å². The number of thiocarbonyl (C=S) groups is 1. The first-order valence-corrected chi connectivity index (χ1v) is 2.12. The highest BCUT2D eigenvalue weighted by molar-refractivity contribution is 7.82. The minimum atomic E-state index is -0.600. The number of carbonyl (C=O) groups excluding carboxylic acids is 1. The summed E-state index contributed by atoms with van der Waals surface area (Å²) in [7, 11) is 0. The molecular weight excluding hydrogens is 112 g/mol. The van der Waals surface area contributed by atoms with Crippen LogP contribution in [-0.4, -0.2) is 17.3 Å². The van der Waals surface area contributed by atoms with Gasteiger partial charge in [-0.15, -0.1) is 0 Å². The molecule has 0 aromatic heterocycles. The number of hydrogen-bond acceptors (Lipinski definition) is 3. The van der Waals surface area contributed by atoms with Gasteiger partial charge >= 0.3 is 0 Å². The van der Waals surface area contributed by atoms with Gasteiger partial charge in [-0.25, -0.2) is 0 Å². The number of carbonyl (C=O) groups is 1. The predicted octanol–water partition coefficient (Wildman–Crippen LogP) is -1.20. The summed E-state index contributed by atoms with van der Waals surface area (Å²) >= 11 is 4.38. The number of rotatable bonds is 2. The Morgan fingerprint density at radius 2 is 2.14 bits per heavy atom. The Balaban J connectivity index is 3.58. The average Bonchev–Trinajstić information content (AvgIpc) is 1.65. The van der Waals surface area contributed by atoms with Crippen LogP contribution in [0.4, 0.5) is 0 Å². The van der Waals surface area contributed by atoms with Crippen LogP contribution in [0.2, 0.25) is 0 Å². The molecule has 0 aromatic rings. The third-order valence-corrected chi connectivity index (χ3v) is 0.828. The topological polar surface area (TPSA) is 69.1 Å². The summed E-state index contributed by atoms with van der Waals surface area (Å²) in [6.45, 7) is 0.0741. The quantitative estimate of drug-likeness (QED) is 0.447. The van der Waals surface area contributed by atoms with E-state index in [1.54, 1.807) is 0 Å². The lowest BCUT2D eigenvalue weighted by Gasteiger charge is -1.86.